The van der Waals surface area contributed by atoms with Crippen LogP contribution in [0.3, 0.4) is 0 Å². The standard InChI is InChI=1S/C54H32N4/c1-3-13-33(14-4-1)37-25-27-47-42(30-37)43-32-49-50(51-41-20-10-12-22-46(41)57(47)52(43)51)44-31-38(34-15-5-2-6-16-34)26-28-48(44)58(49)54-40-19-9-11-21-45(40)55-53(56-54)39-24-23-35-17-7-8-18-36(35)29-39/h1-32H. The molecule has 13 aromatic rings. The first-order valence-corrected chi connectivity index (χ1v) is 19.8. The summed E-state index contributed by atoms with van der Waals surface area (Å²) in [6, 6.07) is 70.1. The zero-order chi connectivity index (χ0) is 37.9. The molecule has 4 nitrogen and oxygen atoms in total. The molecule has 0 N–H and O–H groups in total. The Kier molecular flexibility index (Phi) is 6.41. The first-order valence-electron chi connectivity index (χ1n) is 19.8. The smallest absolute Gasteiger partial charge is 0.162 e. The molecule has 4 aromatic heterocycles. The topological polar surface area (TPSA) is 35.1 Å². The molecule has 0 bridgehead atoms. The molecule has 9 aromatic carbocycles. The molecule has 0 unspecified atom stereocenters. The summed E-state index contributed by atoms with van der Waals surface area (Å²) in [5, 5.41) is 10.8. The SMILES string of the molecule is c1ccc(-c2ccc3c(c2)c2c4c5ccccc5n5c6ccc(-c7ccccc7)cc6c(cc2n3-c2nc(-c3ccc6ccccc6c3)nc3ccccc23)c45)cc1. The van der Waals surface area contributed by atoms with Crippen molar-refractivity contribution in [1.29, 1.82) is 0 Å². The molecule has 58 heavy (non-hydrogen) atoms. The first kappa shape index (κ1) is 31.4. The van der Waals surface area contributed by atoms with Crippen molar-refractivity contribution in [2.75, 3.05) is 0 Å². The fraction of sp³-hybridized carbons (Fsp3) is 0. The monoisotopic (exact) mass is 736 g/mol. The zero-order valence-electron chi connectivity index (χ0n) is 31.3. The summed E-state index contributed by atoms with van der Waals surface area (Å²) in [6.07, 6.45) is 0. The highest BCUT2D eigenvalue weighted by Crippen LogP contribution is 2.48. The van der Waals surface area contributed by atoms with Crippen LogP contribution in [0.25, 0.3) is 121 Å². The van der Waals surface area contributed by atoms with E-state index in [0.29, 0.717) is 5.82 Å². The lowest BCUT2D eigenvalue weighted by Crippen LogP contribution is -2.02. The number of nitrogens with zero attached hydrogens (tertiary/aromatic N) is 4. The van der Waals surface area contributed by atoms with Crippen LogP contribution in [-0.2, 0) is 0 Å². The Morgan fingerprint density at radius 2 is 0.948 bits per heavy atom. The molecule has 0 spiro atoms. The normalized spacial score (nSPS) is 12.1. The third-order valence-corrected chi connectivity index (χ3v) is 12.2. The fourth-order valence-corrected chi connectivity index (χ4v) is 9.60. The van der Waals surface area contributed by atoms with Gasteiger partial charge >= 0.3 is 0 Å². The average Bonchev–Trinajstić information content (AvgIpc) is 3.93. The fourth-order valence-electron chi connectivity index (χ4n) is 9.60. The summed E-state index contributed by atoms with van der Waals surface area (Å²) in [6.45, 7) is 0. The molecule has 268 valence electrons. The van der Waals surface area contributed by atoms with Gasteiger partial charge in [0.1, 0.15) is 5.82 Å². The Morgan fingerprint density at radius 1 is 0.328 bits per heavy atom. The molecular weight excluding hydrogens is 705 g/mol. The van der Waals surface area contributed by atoms with Gasteiger partial charge in [-0.25, -0.2) is 9.97 Å². The number of aromatic nitrogens is 4. The van der Waals surface area contributed by atoms with Crippen molar-refractivity contribution >= 4 is 81.6 Å². The van der Waals surface area contributed by atoms with Gasteiger partial charge in [0.05, 0.1) is 33.1 Å². The van der Waals surface area contributed by atoms with Crippen molar-refractivity contribution in [3.63, 3.8) is 0 Å². The maximum Gasteiger partial charge on any atom is 0.162 e. The summed E-state index contributed by atoms with van der Waals surface area (Å²) >= 11 is 0. The summed E-state index contributed by atoms with van der Waals surface area (Å²) < 4.78 is 4.90. The minimum Gasteiger partial charge on any atom is -0.308 e. The van der Waals surface area contributed by atoms with Crippen LogP contribution < -0.4 is 0 Å². The van der Waals surface area contributed by atoms with Gasteiger partial charge in [0.25, 0.3) is 0 Å². The molecule has 4 heteroatoms. The lowest BCUT2D eigenvalue weighted by Gasteiger charge is -2.13. The van der Waals surface area contributed by atoms with Crippen LogP contribution in [0.15, 0.2) is 194 Å². The average molecular weight is 737 g/mol. The molecule has 0 atom stereocenters. The van der Waals surface area contributed by atoms with Gasteiger partial charge in [-0.05, 0) is 87.6 Å². The van der Waals surface area contributed by atoms with Gasteiger partial charge in [0.2, 0.25) is 0 Å². The number of hydrogen-bond acceptors (Lipinski definition) is 2. The van der Waals surface area contributed by atoms with Gasteiger partial charge in [-0.1, -0.05) is 140 Å². The van der Waals surface area contributed by atoms with Gasteiger partial charge in [-0.15, -0.1) is 0 Å². The Labute approximate surface area is 332 Å². The van der Waals surface area contributed by atoms with Gasteiger partial charge in [0.15, 0.2) is 5.82 Å². The van der Waals surface area contributed by atoms with Crippen LogP contribution >= 0.6 is 0 Å². The van der Waals surface area contributed by atoms with Crippen LogP contribution in [0, 0.1) is 0 Å². The van der Waals surface area contributed by atoms with Gasteiger partial charge in [0, 0.05) is 43.3 Å². The molecule has 0 aliphatic heterocycles. The quantitative estimate of drug-likeness (QED) is 0.180. The second-order valence-electron chi connectivity index (χ2n) is 15.4. The number of benzene rings is 9. The zero-order valence-corrected chi connectivity index (χ0v) is 31.3. The second kappa shape index (κ2) is 11.8. The lowest BCUT2D eigenvalue weighted by molar-refractivity contribution is 1.08. The number of hydrogen-bond donors (Lipinski definition) is 0. The molecule has 13 rings (SSSR count). The Hall–Kier alpha value is -7.82. The summed E-state index contributed by atoms with van der Waals surface area (Å²) in [4.78, 5) is 10.7. The van der Waals surface area contributed by atoms with E-state index in [0.717, 1.165) is 33.3 Å². The number of fused-ring (bicyclic) bond motifs is 12. The predicted octanol–water partition coefficient (Wildman–Crippen LogP) is 14.0. The summed E-state index contributed by atoms with van der Waals surface area (Å²) in [7, 11) is 0. The molecule has 0 radical (unpaired) electrons. The van der Waals surface area contributed by atoms with E-state index in [9.17, 15) is 0 Å². The second-order valence-corrected chi connectivity index (χ2v) is 15.4. The van der Waals surface area contributed by atoms with E-state index in [1.54, 1.807) is 0 Å². The predicted molar refractivity (Wildman–Crippen MR) is 242 cm³/mol. The molecular formula is C54H32N4. The van der Waals surface area contributed by atoms with Crippen LogP contribution in [-0.4, -0.2) is 18.9 Å². The molecule has 0 saturated carbocycles. The van der Waals surface area contributed by atoms with E-state index in [2.05, 4.69) is 203 Å². The first-order chi connectivity index (χ1) is 28.8. The van der Waals surface area contributed by atoms with E-state index in [-0.39, 0.29) is 0 Å². The van der Waals surface area contributed by atoms with E-state index in [4.69, 9.17) is 9.97 Å². The number of para-hydroxylation sites is 2. The summed E-state index contributed by atoms with van der Waals surface area (Å²) in [5.74, 6) is 1.57. The molecule has 0 fully saturated rings. The summed E-state index contributed by atoms with van der Waals surface area (Å²) in [5.41, 5.74) is 12.6. The van der Waals surface area contributed by atoms with Gasteiger partial charge < -0.3 is 4.40 Å². The highest BCUT2D eigenvalue weighted by Gasteiger charge is 2.26. The van der Waals surface area contributed by atoms with E-state index < -0.39 is 0 Å². The lowest BCUT2D eigenvalue weighted by atomic mass is 9.98. The maximum atomic E-state index is 5.54. The van der Waals surface area contributed by atoms with E-state index in [1.807, 2.05) is 0 Å². The van der Waals surface area contributed by atoms with Crippen molar-refractivity contribution in [3.8, 4) is 39.5 Å². The van der Waals surface area contributed by atoms with Crippen LogP contribution in [0.1, 0.15) is 0 Å². The van der Waals surface area contributed by atoms with Gasteiger partial charge in [-0.2, -0.15) is 0 Å². The minimum atomic E-state index is 0.704. The largest absolute Gasteiger partial charge is 0.308 e. The third kappa shape index (κ3) is 4.40. The highest BCUT2D eigenvalue weighted by atomic mass is 15.1. The van der Waals surface area contributed by atoms with Crippen molar-refractivity contribution in [2.24, 2.45) is 0 Å². The van der Waals surface area contributed by atoms with Crippen LogP contribution in [0.5, 0.6) is 0 Å². The van der Waals surface area contributed by atoms with Crippen molar-refractivity contribution in [3.05, 3.63) is 194 Å². The maximum absolute atomic E-state index is 5.54. The minimum absolute atomic E-state index is 0.704. The molecule has 4 heterocycles. The Balaban J connectivity index is 1.21. The van der Waals surface area contributed by atoms with Crippen molar-refractivity contribution in [2.45, 2.75) is 0 Å². The van der Waals surface area contributed by atoms with E-state index in [1.165, 1.54) is 81.9 Å². The Morgan fingerprint density at radius 3 is 1.74 bits per heavy atom. The molecule has 0 saturated heterocycles. The number of rotatable bonds is 4. The molecule has 0 aliphatic carbocycles. The molecule has 0 amide bonds. The highest BCUT2D eigenvalue weighted by molar-refractivity contribution is 6.36. The van der Waals surface area contributed by atoms with E-state index >= 15 is 0 Å². The molecule has 0 aliphatic rings. The van der Waals surface area contributed by atoms with Crippen LogP contribution in [0.2, 0.25) is 0 Å². The van der Waals surface area contributed by atoms with Gasteiger partial charge in [-0.3, -0.25) is 4.57 Å². The van der Waals surface area contributed by atoms with Crippen LogP contribution in [0.4, 0.5) is 0 Å². The van der Waals surface area contributed by atoms with Crippen molar-refractivity contribution < 1.29 is 0 Å². The Bertz CT molecular complexity index is 3780. The van der Waals surface area contributed by atoms with Crippen molar-refractivity contribution in [1.82, 2.24) is 18.9 Å². The third-order valence-electron chi connectivity index (χ3n) is 12.2.